The van der Waals surface area contributed by atoms with Gasteiger partial charge in [0.05, 0.1) is 11.1 Å². The highest BCUT2D eigenvalue weighted by molar-refractivity contribution is 6.10. The molecule has 4 N–H and O–H groups in total. The minimum absolute atomic E-state index is 0.120. The predicted molar refractivity (Wildman–Crippen MR) is 98.5 cm³/mol. The fraction of sp³-hybridized carbons (Fsp3) is 0.211. The highest BCUT2D eigenvalue weighted by Crippen LogP contribution is 2.37. The number of phenolic OH excluding ortho intramolecular Hbond substituents is 1. The first-order chi connectivity index (χ1) is 12.2. The van der Waals surface area contributed by atoms with E-state index in [2.05, 4.69) is 16.0 Å². The van der Waals surface area contributed by atoms with Crippen molar-refractivity contribution in [2.24, 2.45) is 0 Å². The van der Waals surface area contributed by atoms with Crippen LogP contribution in [0.25, 0.3) is 0 Å². The Labute approximate surface area is 150 Å². The molecule has 2 aromatic carbocycles. The molecular weight excluding hydrogens is 334 g/mol. The molecule has 0 aromatic heterocycles. The number of rotatable bonds is 3. The van der Waals surface area contributed by atoms with Gasteiger partial charge < -0.3 is 21.1 Å². The molecule has 3 amide bonds. The molecule has 1 aliphatic heterocycles. The second kappa shape index (κ2) is 6.18. The number of aromatic hydroxyl groups is 1. The number of anilines is 3. The molecule has 0 spiro atoms. The van der Waals surface area contributed by atoms with E-state index in [0.717, 1.165) is 5.56 Å². The largest absolute Gasteiger partial charge is 0.506 e. The van der Waals surface area contributed by atoms with Gasteiger partial charge in [-0.05, 0) is 49.7 Å². The number of amides is 3. The molecule has 0 saturated carbocycles. The zero-order chi connectivity index (χ0) is 19.1. The molecule has 1 aliphatic rings. The molecule has 0 saturated heterocycles. The Morgan fingerprint density at radius 3 is 2.50 bits per heavy atom. The van der Waals surface area contributed by atoms with Crippen LogP contribution in [0, 0.1) is 0 Å². The van der Waals surface area contributed by atoms with Gasteiger partial charge in [0.25, 0.3) is 5.91 Å². The zero-order valence-electron chi connectivity index (χ0n) is 14.6. The molecule has 7 nitrogen and oxygen atoms in total. The minimum atomic E-state index is -0.644. The number of carbonyl (C=O) groups excluding carboxylic acids is 3. The number of nitrogens with one attached hydrogen (secondary N) is 3. The molecule has 0 fully saturated rings. The van der Waals surface area contributed by atoms with Crippen molar-refractivity contribution in [3.63, 3.8) is 0 Å². The van der Waals surface area contributed by atoms with Crippen LogP contribution in [0.3, 0.4) is 0 Å². The van der Waals surface area contributed by atoms with Crippen molar-refractivity contribution in [3.05, 3.63) is 47.5 Å². The third-order valence-corrected chi connectivity index (χ3v) is 4.34. The highest BCUT2D eigenvalue weighted by Gasteiger charge is 2.38. The van der Waals surface area contributed by atoms with Gasteiger partial charge in [0, 0.05) is 23.9 Å². The summed E-state index contributed by atoms with van der Waals surface area (Å²) >= 11 is 0. The Hall–Kier alpha value is -3.35. The first-order valence-corrected chi connectivity index (χ1v) is 8.06. The smallest absolute Gasteiger partial charge is 0.255 e. The van der Waals surface area contributed by atoms with Crippen molar-refractivity contribution in [1.29, 1.82) is 0 Å². The van der Waals surface area contributed by atoms with E-state index in [9.17, 15) is 19.5 Å². The maximum Gasteiger partial charge on any atom is 0.255 e. The first kappa shape index (κ1) is 17.5. The van der Waals surface area contributed by atoms with Crippen LogP contribution in [0.2, 0.25) is 0 Å². The Morgan fingerprint density at radius 1 is 1.08 bits per heavy atom. The highest BCUT2D eigenvalue weighted by atomic mass is 16.3. The Morgan fingerprint density at radius 2 is 1.81 bits per heavy atom. The van der Waals surface area contributed by atoms with Gasteiger partial charge in [0.15, 0.2) is 0 Å². The van der Waals surface area contributed by atoms with Gasteiger partial charge in [-0.3, -0.25) is 14.4 Å². The van der Waals surface area contributed by atoms with Crippen molar-refractivity contribution in [2.45, 2.75) is 26.2 Å². The summed E-state index contributed by atoms with van der Waals surface area (Å²) in [6.07, 6.45) is 0. The van der Waals surface area contributed by atoms with E-state index < -0.39 is 11.3 Å². The molecule has 0 aliphatic carbocycles. The van der Waals surface area contributed by atoms with Crippen LogP contribution in [-0.4, -0.2) is 22.8 Å². The Bertz CT molecular complexity index is 934. The summed E-state index contributed by atoms with van der Waals surface area (Å²) < 4.78 is 0. The van der Waals surface area contributed by atoms with Crippen LogP contribution < -0.4 is 16.0 Å². The van der Waals surface area contributed by atoms with Gasteiger partial charge >= 0.3 is 0 Å². The zero-order valence-corrected chi connectivity index (χ0v) is 14.6. The van der Waals surface area contributed by atoms with Crippen molar-refractivity contribution < 1.29 is 19.5 Å². The summed E-state index contributed by atoms with van der Waals surface area (Å²) in [6.45, 7) is 5.00. The van der Waals surface area contributed by atoms with Crippen molar-refractivity contribution in [1.82, 2.24) is 0 Å². The van der Waals surface area contributed by atoms with Gasteiger partial charge in [0.2, 0.25) is 11.8 Å². The van der Waals surface area contributed by atoms with E-state index in [1.807, 2.05) is 13.8 Å². The first-order valence-electron chi connectivity index (χ1n) is 8.06. The summed E-state index contributed by atoms with van der Waals surface area (Å²) in [6, 6.07) is 9.35. The Kier molecular flexibility index (Phi) is 4.15. The minimum Gasteiger partial charge on any atom is -0.506 e. The van der Waals surface area contributed by atoms with Crippen LogP contribution in [0.5, 0.6) is 5.75 Å². The summed E-state index contributed by atoms with van der Waals surface area (Å²) in [5.74, 6) is -0.944. The maximum atomic E-state index is 12.5. The fourth-order valence-electron chi connectivity index (χ4n) is 2.85. The van der Waals surface area contributed by atoms with Gasteiger partial charge in [-0.15, -0.1) is 0 Å². The second-order valence-electron chi connectivity index (χ2n) is 6.71. The SMILES string of the molecule is CC(=O)Nc1ccc(O)c(NC(=O)c2ccc3c(c2)NC(=O)C3(C)C)c1. The number of hydrogen-bond donors (Lipinski definition) is 4. The van der Waals surface area contributed by atoms with Crippen LogP contribution in [-0.2, 0) is 15.0 Å². The topological polar surface area (TPSA) is 108 Å². The normalized spacial score (nSPS) is 14.3. The van der Waals surface area contributed by atoms with E-state index in [1.165, 1.54) is 25.1 Å². The van der Waals surface area contributed by atoms with Crippen molar-refractivity contribution in [3.8, 4) is 5.75 Å². The molecule has 134 valence electrons. The number of benzene rings is 2. The van der Waals surface area contributed by atoms with E-state index >= 15 is 0 Å². The number of carbonyl (C=O) groups is 3. The third kappa shape index (κ3) is 3.11. The quantitative estimate of drug-likeness (QED) is 0.503. The molecule has 0 atom stereocenters. The lowest BCUT2D eigenvalue weighted by Gasteiger charge is -2.15. The summed E-state index contributed by atoms with van der Waals surface area (Å²) in [5.41, 5.74) is 1.75. The molecule has 0 bridgehead atoms. The summed E-state index contributed by atoms with van der Waals surface area (Å²) in [5, 5.41) is 17.9. The molecular formula is C19H19N3O4. The third-order valence-electron chi connectivity index (χ3n) is 4.34. The van der Waals surface area contributed by atoms with Crippen LogP contribution in [0.4, 0.5) is 17.1 Å². The lowest BCUT2D eigenvalue weighted by molar-refractivity contribution is -0.119. The number of hydrogen-bond acceptors (Lipinski definition) is 4. The van der Waals surface area contributed by atoms with Gasteiger partial charge in [0.1, 0.15) is 5.75 Å². The second-order valence-corrected chi connectivity index (χ2v) is 6.71. The van der Waals surface area contributed by atoms with Gasteiger partial charge in [-0.2, -0.15) is 0 Å². The monoisotopic (exact) mass is 353 g/mol. The number of phenols is 1. The molecule has 7 heteroatoms. The molecule has 2 aromatic rings. The predicted octanol–water partition coefficient (Wildman–Crippen LogP) is 2.83. The van der Waals surface area contributed by atoms with Gasteiger partial charge in [-0.1, -0.05) is 6.07 Å². The average molecular weight is 353 g/mol. The molecule has 26 heavy (non-hydrogen) atoms. The summed E-state index contributed by atoms with van der Waals surface area (Å²) in [4.78, 5) is 35.7. The molecule has 1 heterocycles. The van der Waals surface area contributed by atoms with Crippen LogP contribution >= 0.6 is 0 Å². The van der Waals surface area contributed by atoms with E-state index in [1.54, 1.807) is 18.2 Å². The van der Waals surface area contributed by atoms with Crippen LogP contribution in [0.1, 0.15) is 36.7 Å². The van der Waals surface area contributed by atoms with E-state index in [0.29, 0.717) is 16.9 Å². The number of fused-ring (bicyclic) bond motifs is 1. The van der Waals surface area contributed by atoms with E-state index in [4.69, 9.17) is 0 Å². The average Bonchev–Trinajstić information content (AvgIpc) is 2.79. The lowest BCUT2D eigenvalue weighted by atomic mass is 9.86. The standard InChI is InChI=1S/C19H19N3O4/c1-10(23)20-12-5-7-16(24)15(9-12)21-17(25)11-4-6-13-14(8-11)22-18(26)19(13,2)3/h4-9,24H,1-3H3,(H,20,23)(H,21,25)(H,22,26). The van der Waals surface area contributed by atoms with Crippen molar-refractivity contribution >= 4 is 34.8 Å². The fourth-order valence-corrected chi connectivity index (χ4v) is 2.85. The summed E-state index contributed by atoms with van der Waals surface area (Å²) in [7, 11) is 0. The molecule has 0 unspecified atom stereocenters. The van der Waals surface area contributed by atoms with E-state index in [-0.39, 0.29) is 23.3 Å². The maximum absolute atomic E-state index is 12.5. The lowest BCUT2D eigenvalue weighted by Crippen LogP contribution is -2.26. The van der Waals surface area contributed by atoms with Crippen LogP contribution in [0.15, 0.2) is 36.4 Å². The van der Waals surface area contributed by atoms with Crippen molar-refractivity contribution in [2.75, 3.05) is 16.0 Å². The van der Waals surface area contributed by atoms with Gasteiger partial charge in [-0.25, -0.2) is 0 Å². The molecule has 0 radical (unpaired) electrons. The molecule has 3 rings (SSSR count). The Balaban J connectivity index is 1.85.